The number of rotatable bonds is 6. The van der Waals surface area contributed by atoms with Gasteiger partial charge in [-0.1, -0.05) is 12.1 Å². The number of furan rings is 1. The van der Waals surface area contributed by atoms with E-state index in [1.165, 1.54) is 12.8 Å². The van der Waals surface area contributed by atoms with E-state index in [1.807, 2.05) is 36.2 Å². The molecular formula is C23H32N2O4. The van der Waals surface area contributed by atoms with Crippen molar-refractivity contribution in [2.24, 2.45) is 0 Å². The predicted octanol–water partition coefficient (Wildman–Crippen LogP) is 3.09. The number of carbonyl (C=O) groups excluding carboxylic acids is 1. The first-order valence-electron chi connectivity index (χ1n) is 10.6. The fourth-order valence-corrected chi connectivity index (χ4v) is 5.16. The Labute approximate surface area is 172 Å². The molecule has 0 unspecified atom stereocenters. The molecule has 2 heterocycles. The Kier molecular flexibility index (Phi) is 6.23. The van der Waals surface area contributed by atoms with E-state index in [0.717, 1.165) is 42.5 Å². The number of hydrogen-bond acceptors (Lipinski definition) is 5. The highest BCUT2D eigenvalue weighted by Gasteiger charge is 2.43. The van der Waals surface area contributed by atoms with E-state index in [4.69, 9.17) is 13.9 Å². The molecule has 0 N–H and O–H groups in total. The number of methoxy groups -OCH3 is 2. The van der Waals surface area contributed by atoms with Crippen LogP contribution in [0.3, 0.4) is 0 Å². The van der Waals surface area contributed by atoms with Gasteiger partial charge >= 0.3 is 0 Å². The summed E-state index contributed by atoms with van der Waals surface area (Å²) in [5, 5.41) is 1.02. The second kappa shape index (κ2) is 8.86. The molecule has 2 fully saturated rings. The van der Waals surface area contributed by atoms with Gasteiger partial charge in [0.1, 0.15) is 5.58 Å². The Bertz CT molecular complexity index is 829. The van der Waals surface area contributed by atoms with Gasteiger partial charge in [-0.05, 0) is 56.5 Å². The van der Waals surface area contributed by atoms with Crippen molar-refractivity contribution in [3.05, 3.63) is 36.1 Å². The van der Waals surface area contributed by atoms with Crippen LogP contribution in [-0.2, 0) is 20.7 Å². The highest BCUT2D eigenvalue weighted by Crippen LogP contribution is 2.32. The maximum absolute atomic E-state index is 13.3. The molecule has 2 aliphatic rings. The second-order valence-electron chi connectivity index (χ2n) is 8.33. The summed E-state index contributed by atoms with van der Waals surface area (Å²) >= 11 is 0. The quantitative estimate of drug-likeness (QED) is 0.746. The molecular weight excluding hydrogens is 368 g/mol. The zero-order valence-electron chi connectivity index (χ0n) is 17.7. The Morgan fingerprint density at radius 1 is 1.14 bits per heavy atom. The Morgan fingerprint density at radius 2 is 1.86 bits per heavy atom. The Balaban J connectivity index is 1.54. The summed E-state index contributed by atoms with van der Waals surface area (Å²) in [6.45, 7) is 2.21. The van der Waals surface area contributed by atoms with E-state index in [1.54, 1.807) is 20.5 Å². The maximum Gasteiger partial charge on any atom is 0.227 e. The number of benzene rings is 1. The van der Waals surface area contributed by atoms with Gasteiger partial charge in [-0.2, -0.15) is 0 Å². The van der Waals surface area contributed by atoms with Crippen LogP contribution in [0.1, 0.15) is 31.2 Å². The molecule has 1 aromatic heterocycles. The zero-order valence-corrected chi connectivity index (χ0v) is 17.7. The predicted molar refractivity (Wildman–Crippen MR) is 112 cm³/mol. The van der Waals surface area contributed by atoms with Gasteiger partial charge in [-0.25, -0.2) is 0 Å². The molecule has 6 nitrogen and oxygen atoms in total. The first-order chi connectivity index (χ1) is 14.1. The molecule has 6 heteroatoms. The molecule has 1 amide bonds. The minimum Gasteiger partial charge on any atom is -0.464 e. The van der Waals surface area contributed by atoms with Crippen molar-refractivity contribution in [3.8, 4) is 0 Å². The highest BCUT2D eigenvalue weighted by molar-refractivity contribution is 5.87. The van der Waals surface area contributed by atoms with Crippen molar-refractivity contribution in [1.29, 1.82) is 0 Å². The number of hydrogen-bond donors (Lipinski definition) is 0. The molecule has 0 radical (unpaired) electrons. The van der Waals surface area contributed by atoms with Crippen LogP contribution in [-0.4, -0.2) is 74.4 Å². The molecule has 4 atom stereocenters. The van der Waals surface area contributed by atoms with E-state index >= 15 is 0 Å². The lowest BCUT2D eigenvalue weighted by Gasteiger charge is -2.47. The molecule has 1 aromatic carbocycles. The van der Waals surface area contributed by atoms with Crippen LogP contribution in [0.25, 0.3) is 11.0 Å². The SMILES string of the molecule is CO[C@H]1C[C@@H](N2CCCC2)[C@@H](N(C)C(=O)Cc2cccc3occc23)C[C@H]1OC. The van der Waals surface area contributed by atoms with E-state index in [0.29, 0.717) is 12.5 Å². The number of nitrogens with zero attached hydrogens (tertiary/aromatic N) is 2. The monoisotopic (exact) mass is 400 g/mol. The summed E-state index contributed by atoms with van der Waals surface area (Å²) in [5.41, 5.74) is 1.84. The summed E-state index contributed by atoms with van der Waals surface area (Å²) in [6.07, 6.45) is 6.30. The largest absolute Gasteiger partial charge is 0.464 e. The molecule has 4 rings (SSSR count). The van der Waals surface area contributed by atoms with Gasteiger partial charge in [0.15, 0.2) is 0 Å². The van der Waals surface area contributed by atoms with E-state index in [2.05, 4.69) is 4.90 Å². The van der Waals surface area contributed by atoms with Crippen molar-refractivity contribution in [1.82, 2.24) is 9.80 Å². The molecule has 1 saturated carbocycles. The summed E-state index contributed by atoms with van der Waals surface area (Å²) in [7, 11) is 5.45. The lowest BCUT2D eigenvalue weighted by atomic mass is 9.84. The number of fused-ring (bicyclic) bond motifs is 1. The van der Waals surface area contributed by atoms with Crippen LogP contribution in [0, 0.1) is 0 Å². The van der Waals surface area contributed by atoms with Gasteiger partial charge in [0, 0.05) is 38.7 Å². The summed E-state index contributed by atoms with van der Waals surface area (Å²) < 4.78 is 17.0. The normalized spacial score (nSPS) is 28.1. The van der Waals surface area contributed by atoms with Gasteiger partial charge in [0.05, 0.1) is 24.9 Å². The van der Waals surface area contributed by atoms with Crippen LogP contribution in [0.5, 0.6) is 0 Å². The number of ether oxygens (including phenoxy) is 2. The third-order valence-electron chi connectivity index (χ3n) is 6.84. The topological polar surface area (TPSA) is 55.2 Å². The number of amides is 1. The number of likely N-dealkylation sites (tertiary alicyclic amines) is 1. The van der Waals surface area contributed by atoms with Crippen molar-refractivity contribution in [3.63, 3.8) is 0 Å². The van der Waals surface area contributed by atoms with Gasteiger partial charge in [-0.15, -0.1) is 0 Å². The van der Waals surface area contributed by atoms with Crippen LogP contribution in [0.15, 0.2) is 34.9 Å². The molecule has 1 aliphatic carbocycles. The highest BCUT2D eigenvalue weighted by atomic mass is 16.5. The maximum atomic E-state index is 13.3. The lowest BCUT2D eigenvalue weighted by Crippen LogP contribution is -2.59. The van der Waals surface area contributed by atoms with Gasteiger partial charge in [0.2, 0.25) is 5.91 Å². The minimum atomic E-state index is 0.0106. The van der Waals surface area contributed by atoms with Crippen LogP contribution in [0.2, 0.25) is 0 Å². The molecule has 0 bridgehead atoms. The first kappa shape index (κ1) is 20.4. The Morgan fingerprint density at radius 3 is 2.59 bits per heavy atom. The third-order valence-corrected chi connectivity index (χ3v) is 6.84. The number of carbonyl (C=O) groups is 1. The molecule has 1 aliphatic heterocycles. The smallest absolute Gasteiger partial charge is 0.227 e. The van der Waals surface area contributed by atoms with Crippen LogP contribution in [0.4, 0.5) is 0 Å². The molecule has 0 spiro atoms. The van der Waals surface area contributed by atoms with Crippen LogP contribution < -0.4 is 0 Å². The van der Waals surface area contributed by atoms with Crippen molar-refractivity contribution in [2.45, 2.75) is 56.4 Å². The molecule has 2 aromatic rings. The van der Waals surface area contributed by atoms with Crippen LogP contribution >= 0.6 is 0 Å². The first-order valence-corrected chi connectivity index (χ1v) is 10.6. The van der Waals surface area contributed by atoms with E-state index in [-0.39, 0.29) is 24.2 Å². The van der Waals surface area contributed by atoms with Crippen molar-refractivity contribution >= 4 is 16.9 Å². The summed E-state index contributed by atoms with van der Waals surface area (Å²) in [6, 6.07) is 8.28. The lowest BCUT2D eigenvalue weighted by molar-refractivity contribution is -0.140. The van der Waals surface area contributed by atoms with Gasteiger partial charge in [0.25, 0.3) is 0 Å². The van der Waals surface area contributed by atoms with Crippen molar-refractivity contribution in [2.75, 3.05) is 34.4 Å². The number of likely N-dealkylation sites (N-methyl/N-ethyl adjacent to an activating group) is 1. The average molecular weight is 401 g/mol. The summed E-state index contributed by atoms with van der Waals surface area (Å²) in [4.78, 5) is 17.8. The zero-order chi connectivity index (χ0) is 20.4. The molecule has 29 heavy (non-hydrogen) atoms. The van der Waals surface area contributed by atoms with Crippen molar-refractivity contribution < 1.29 is 18.7 Å². The molecule has 158 valence electrons. The fourth-order valence-electron chi connectivity index (χ4n) is 5.16. The van der Waals surface area contributed by atoms with E-state index in [9.17, 15) is 4.79 Å². The summed E-state index contributed by atoms with van der Waals surface area (Å²) in [5.74, 6) is 0.138. The molecule has 1 saturated heterocycles. The van der Waals surface area contributed by atoms with E-state index < -0.39 is 0 Å². The minimum absolute atomic E-state index is 0.0106. The van der Waals surface area contributed by atoms with Gasteiger partial charge in [-0.3, -0.25) is 9.69 Å². The standard InChI is InChI=1S/C23H32N2O4/c1-24(23(26)13-16-7-6-8-20-17(16)9-12-29-20)18-14-21(27-2)22(28-3)15-19(18)25-10-4-5-11-25/h6-9,12,18-19,21-22H,4-5,10-11,13-15H2,1-3H3/t18-,19+,21+,22-/m0/s1. The fraction of sp³-hybridized carbons (Fsp3) is 0.609. The third kappa shape index (κ3) is 4.06. The van der Waals surface area contributed by atoms with Gasteiger partial charge < -0.3 is 18.8 Å². The average Bonchev–Trinajstić information content (AvgIpc) is 3.44. The second-order valence-corrected chi connectivity index (χ2v) is 8.33. The Hall–Kier alpha value is -1.89.